The van der Waals surface area contributed by atoms with Crippen LogP contribution in [-0.2, 0) is 14.4 Å². The number of halogens is 1. The molecule has 2 fully saturated rings. The van der Waals surface area contributed by atoms with E-state index >= 15 is 0 Å². The Balaban J connectivity index is 1.44. The first-order valence-electron chi connectivity index (χ1n) is 12.1. The molecule has 0 radical (unpaired) electrons. The van der Waals surface area contributed by atoms with Crippen molar-refractivity contribution in [2.45, 2.75) is 12.1 Å². The zero-order valence-electron chi connectivity index (χ0n) is 20.6. The molecule has 192 valence electrons. The molecule has 6 rings (SSSR count). The first kappa shape index (κ1) is 24.1. The lowest BCUT2D eigenvalue weighted by Crippen LogP contribution is -2.50. The summed E-state index contributed by atoms with van der Waals surface area (Å²) in [4.78, 5) is 44.9. The van der Waals surface area contributed by atoms with Gasteiger partial charge in [0, 0.05) is 16.8 Å². The van der Waals surface area contributed by atoms with Gasteiger partial charge in [-0.05, 0) is 48.0 Å². The molecule has 4 atom stereocenters. The number of ether oxygens (including phenoxy) is 2. The lowest BCUT2D eigenvalue weighted by atomic mass is 9.88. The van der Waals surface area contributed by atoms with Gasteiger partial charge in [0.15, 0.2) is 0 Å². The Labute approximate surface area is 224 Å². The summed E-state index contributed by atoms with van der Waals surface area (Å²) in [5.74, 6) is -1.81. The smallest absolute Gasteiger partial charge is 0.248 e. The van der Waals surface area contributed by atoms with Crippen LogP contribution < -0.4 is 24.6 Å². The van der Waals surface area contributed by atoms with Crippen molar-refractivity contribution in [2.24, 2.45) is 11.8 Å². The van der Waals surface area contributed by atoms with Crippen LogP contribution in [0.2, 0.25) is 5.02 Å². The minimum atomic E-state index is -0.944. The molecule has 9 heteroatoms. The van der Waals surface area contributed by atoms with E-state index in [9.17, 15) is 14.4 Å². The monoisotopic (exact) mass is 529 g/mol. The highest BCUT2D eigenvalue weighted by atomic mass is 35.5. The summed E-state index contributed by atoms with van der Waals surface area (Å²) in [7, 11) is 3.04. The summed E-state index contributed by atoms with van der Waals surface area (Å²) in [6.45, 7) is 0. The molecule has 3 aromatic rings. The third-order valence-electron chi connectivity index (χ3n) is 7.43. The number of nitrogens with zero attached hydrogens (tertiary/aromatic N) is 2. The summed E-state index contributed by atoms with van der Waals surface area (Å²) in [6, 6.07) is 17.9. The van der Waals surface area contributed by atoms with E-state index in [2.05, 4.69) is 5.32 Å². The Morgan fingerprint density at radius 2 is 1.66 bits per heavy atom. The van der Waals surface area contributed by atoms with Crippen LogP contribution in [0.4, 0.5) is 17.1 Å². The third kappa shape index (κ3) is 3.63. The number of amides is 3. The Bertz CT molecular complexity index is 1490. The van der Waals surface area contributed by atoms with Crippen molar-refractivity contribution in [3.05, 3.63) is 83.4 Å². The highest BCUT2D eigenvalue weighted by Crippen LogP contribution is 2.49. The highest BCUT2D eigenvalue weighted by molar-refractivity contribution is 6.31. The normalized spacial score (nSPS) is 23.1. The SMILES string of the molecule is COc1ccc(OC)c(NC(=O)[C@@H]2[C@@H]3C(=O)N(c4ccc(Cl)cc4)C(=O)[C@@H]3[C@H]3C=Cc4ccccc4N32)c1. The van der Waals surface area contributed by atoms with Crippen molar-refractivity contribution in [3.8, 4) is 11.5 Å². The first-order valence-corrected chi connectivity index (χ1v) is 12.5. The Hall–Kier alpha value is -4.30. The second kappa shape index (κ2) is 9.22. The number of rotatable bonds is 5. The van der Waals surface area contributed by atoms with Gasteiger partial charge < -0.3 is 19.7 Å². The molecule has 8 nitrogen and oxygen atoms in total. The molecule has 2 saturated heterocycles. The second-order valence-corrected chi connectivity index (χ2v) is 9.79. The quantitative estimate of drug-likeness (QED) is 0.493. The standard InChI is InChI=1S/C29H24ClN3O5/c1-37-19-12-14-23(38-2)20(15-19)31-27(34)26-25-24(22-13-7-16-5-3-4-6-21(16)33(22)26)28(35)32(29(25)36)18-10-8-17(30)9-11-18/h3-15,22,24-26H,1-2H3,(H,31,34)/t22-,24-,25-,26+/m1/s1. The number of carbonyl (C=O) groups excluding carboxylic acids is 3. The van der Waals surface area contributed by atoms with E-state index in [1.807, 2.05) is 41.3 Å². The lowest BCUT2D eigenvalue weighted by Gasteiger charge is -2.36. The van der Waals surface area contributed by atoms with Crippen LogP contribution in [0.25, 0.3) is 6.08 Å². The molecule has 3 aliphatic heterocycles. The predicted molar refractivity (Wildman–Crippen MR) is 145 cm³/mol. The summed E-state index contributed by atoms with van der Waals surface area (Å²) >= 11 is 6.04. The van der Waals surface area contributed by atoms with Crippen molar-refractivity contribution in [2.75, 3.05) is 29.3 Å². The van der Waals surface area contributed by atoms with Gasteiger partial charge in [-0.1, -0.05) is 42.0 Å². The molecule has 3 amide bonds. The number of hydrogen-bond donors (Lipinski definition) is 1. The fourth-order valence-electron chi connectivity index (χ4n) is 5.78. The molecule has 0 unspecified atom stereocenters. The van der Waals surface area contributed by atoms with Crippen LogP contribution in [-0.4, -0.2) is 44.0 Å². The maximum atomic E-state index is 14.1. The van der Waals surface area contributed by atoms with Gasteiger partial charge in [0.05, 0.1) is 43.5 Å². The van der Waals surface area contributed by atoms with E-state index < -0.39 is 35.7 Å². The Morgan fingerprint density at radius 3 is 2.39 bits per heavy atom. The van der Waals surface area contributed by atoms with E-state index in [4.69, 9.17) is 21.1 Å². The summed E-state index contributed by atoms with van der Waals surface area (Å²) in [5.41, 5.74) is 2.55. The highest BCUT2D eigenvalue weighted by Gasteiger charge is 2.64. The lowest BCUT2D eigenvalue weighted by molar-refractivity contribution is -0.126. The molecule has 0 aromatic heterocycles. The van der Waals surface area contributed by atoms with Gasteiger partial charge in [0.25, 0.3) is 0 Å². The van der Waals surface area contributed by atoms with E-state index in [0.29, 0.717) is 27.9 Å². The number of para-hydroxylation sites is 1. The van der Waals surface area contributed by atoms with Crippen molar-refractivity contribution >= 4 is 52.5 Å². The molecule has 3 heterocycles. The van der Waals surface area contributed by atoms with Gasteiger partial charge in [0.2, 0.25) is 17.7 Å². The molecular weight excluding hydrogens is 506 g/mol. The predicted octanol–water partition coefficient (Wildman–Crippen LogP) is 4.39. The maximum Gasteiger partial charge on any atom is 0.248 e. The van der Waals surface area contributed by atoms with Crippen molar-refractivity contribution < 1.29 is 23.9 Å². The van der Waals surface area contributed by atoms with Gasteiger partial charge in [-0.25, -0.2) is 4.90 Å². The van der Waals surface area contributed by atoms with Crippen LogP contribution >= 0.6 is 11.6 Å². The molecule has 3 aromatic carbocycles. The van der Waals surface area contributed by atoms with Crippen LogP contribution in [0.5, 0.6) is 11.5 Å². The second-order valence-electron chi connectivity index (χ2n) is 9.36. The topological polar surface area (TPSA) is 88.2 Å². The number of anilines is 3. The minimum absolute atomic E-state index is 0.337. The summed E-state index contributed by atoms with van der Waals surface area (Å²) in [5, 5.41) is 3.44. The van der Waals surface area contributed by atoms with Gasteiger partial charge in [-0.2, -0.15) is 0 Å². The number of methoxy groups -OCH3 is 2. The Kier molecular flexibility index (Phi) is 5.84. The summed E-state index contributed by atoms with van der Waals surface area (Å²) < 4.78 is 10.8. The molecule has 3 aliphatic rings. The van der Waals surface area contributed by atoms with E-state index in [1.165, 1.54) is 19.1 Å². The average molecular weight is 530 g/mol. The molecular formula is C29H24ClN3O5. The molecule has 38 heavy (non-hydrogen) atoms. The number of hydrogen-bond acceptors (Lipinski definition) is 6. The first-order chi connectivity index (χ1) is 18.4. The molecule has 0 aliphatic carbocycles. The van der Waals surface area contributed by atoms with Crippen molar-refractivity contribution in [3.63, 3.8) is 0 Å². The number of nitrogens with one attached hydrogen (secondary N) is 1. The zero-order chi connectivity index (χ0) is 26.6. The van der Waals surface area contributed by atoms with Gasteiger partial charge in [-0.15, -0.1) is 0 Å². The van der Waals surface area contributed by atoms with Gasteiger partial charge in [-0.3, -0.25) is 14.4 Å². The number of carbonyl (C=O) groups is 3. The Morgan fingerprint density at radius 1 is 0.921 bits per heavy atom. The average Bonchev–Trinajstić information content (AvgIpc) is 3.42. The van der Waals surface area contributed by atoms with Gasteiger partial charge >= 0.3 is 0 Å². The van der Waals surface area contributed by atoms with Crippen LogP contribution in [0, 0.1) is 11.8 Å². The van der Waals surface area contributed by atoms with Crippen LogP contribution in [0.1, 0.15) is 5.56 Å². The van der Waals surface area contributed by atoms with Crippen LogP contribution in [0.3, 0.4) is 0 Å². The zero-order valence-corrected chi connectivity index (χ0v) is 21.4. The van der Waals surface area contributed by atoms with Crippen molar-refractivity contribution in [1.29, 1.82) is 0 Å². The number of benzene rings is 3. The van der Waals surface area contributed by atoms with Gasteiger partial charge in [0.1, 0.15) is 17.5 Å². The minimum Gasteiger partial charge on any atom is -0.497 e. The maximum absolute atomic E-state index is 14.1. The number of fused-ring (bicyclic) bond motifs is 5. The van der Waals surface area contributed by atoms with E-state index in [-0.39, 0.29) is 5.91 Å². The van der Waals surface area contributed by atoms with E-state index in [1.54, 1.807) is 42.5 Å². The van der Waals surface area contributed by atoms with Crippen LogP contribution in [0.15, 0.2) is 72.8 Å². The fraction of sp³-hybridized carbons (Fsp3) is 0.207. The molecule has 0 saturated carbocycles. The fourth-order valence-corrected chi connectivity index (χ4v) is 5.90. The largest absolute Gasteiger partial charge is 0.497 e. The number of imide groups is 1. The molecule has 1 N–H and O–H groups in total. The van der Waals surface area contributed by atoms with E-state index in [0.717, 1.165) is 11.3 Å². The third-order valence-corrected chi connectivity index (χ3v) is 7.68. The molecule has 0 spiro atoms. The van der Waals surface area contributed by atoms with Crippen molar-refractivity contribution in [1.82, 2.24) is 0 Å². The molecule has 0 bridgehead atoms. The summed E-state index contributed by atoms with van der Waals surface area (Å²) in [6.07, 6.45) is 3.86.